The molecule has 0 amide bonds. The quantitative estimate of drug-likeness (QED) is 0.515. The first-order chi connectivity index (χ1) is 6.94. The Kier molecular flexibility index (Phi) is 3.88. The molecule has 0 N–H and O–H groups in total. The summed E-state index contributed by atoms with van der Waals surface area (Å²) in [5.41, 5.74) is 0. The van der Waals surface area contributed by atoms with E-state index in [-0.39, 0.29) is 24.1 Å². The molecule has 0 saturated carbocycles. The fraction of sp³-hybridized carbons (Fsp3) is 0.727. The van der Waals surface area contributed by atoms with Gasteiger partial charge < -0.3 is 14.2 Å². The minimum absolute atomic E-state index is 0.122. The largest absolute Gasteiger partial charge is 0.491 e. The van der Waals surface area contributed by atoms with E-state index in [2.05, 4.69) is 6.58 Å². The molecule has 1 rings (SSSR count). The van der Waals surface area contributed by atoms with Gasteiger partial charge in [0.05, 0.1) is 19.3 Å². The van der Waals surface area contributed by atoms with Crippen molar-refractivity contribution in [2.24, 2.45) is 0 Å². The fourth-order valence-electron chi connectivity index (χ4n) is 1.44. The molecule has 1 aliphatic heterocycles. The maximum atomic E-state index is 11.5. The summed E-state index contributed by atoms with van der Waals surface area (Å²) in [6, 6.07) is 0. The van der Waals surface area contributed by atoms with Gasteiger partial charge in [0.2, 0.25) is 0 Å². The van der Waals surface area contributed by atoms with Crippen molar-refractivity contribution in [3.05, 3.63) is 12.3 Å². The van der Waals surface area contributed by atoms with E-state index in [0.29, 0.717) is 13.2 Å². The summed E-state index contributed by atoms with van der Waals surface area (Å²) in [5, 5.41) is 0. The molecule has 1 saturated heterocycles. The number of allylic oxidation sites excluding steroid dienone is 1. The third kappa shape index (κ3) is 3.64. The molecular weight excluding hydrogens is 196 g/mol. The minimum Gasteiger partial charge on any atom is -0.491 e. The number of ether oxygens (including phenoxy) is 3. The van der Waals surface area contributed by atoms with E-state index >= 15 is 0 Å². The van der Waals surface area contributed by atoms with Crippen LogP contribution in [0.15, 0.2) is 12.3 Å². The van der Waals surface area contributed by atoms with Gasteiger partial charge in [-0.2, -0.15) is 0 Å². The average molecular weight is 214 g/mol. The SMILES string of the molecule is C=C(OCC)C(=O)C[C@H]1COC(C)(C)O1. The third-order valence-corrected chi connectivity index (χ3v) is 2.11. The Balaban J connectivity index is 2.37. The number of carbonyl (C=O) groups is 1. The normalized spacial score (nSPS) is 23.8. The second kappa shape index (κ2) is 4.77. The monoisotopic (exact) mass is 214 g/mol. The predicted molar refractivity (Wildman–Crippen MR) is 55.3 cm³/mol. The molecule has 0 aliphatic carbocycles. The molecule has 1 heterocycles. The van der Waals surface area contributed by atoms with Crippen molar-refractivity contribution in [1.29, 1.82) is 0 Å². The Morgan fingerprint density at radius 1 is 1.60 bits per heavy atom. The van der Waals surface area contributed by atoms with Crippen LogP contribution in [-0.4, -0.2) is 30.9 Å². The van der Waals surface area contributed by atoms with E-state index in [1.165, 1.54) is 0 Å². The van der Waals surface area contributed by atoms with Gasteiger partial charge in [0, 0.05) is 6.42 Å². The third-order valence-electron chi connectivity index (χ3n) is 2.11. The molecule has 0 unspecified atom stereocenters. The smallest absolute Gasteiger partial charge is 0.199 e. The van der Waals surface area contributed by atoms with Crippen molar-refractivity contribution in [2.45, 2.75) is 39.1 Å². The number of rotatable bonds is 5. The number of ketones is 1. The highest BCUT2D eigenvalue weighted by molar-refractivity contribution is 5.93. The molecule has 0 aromatic rings. The van der Waals surface area contributed by atoms with Crippen LogP contribution in [0.4, 0.5) is 0 Å². The lowest BCUT2D eigenvalue weighted by Gasteiger charge is -2.16. The summed E-state index contributed by atoms with van der Waals surface area (Å²) < 4.78 is 15.9. The highest BCUT2D eigenvalue weighted by Crippen LogP contribution is 2.24. The molecule has 4 heteroatoms. The molecular formula is C11H18O4. The van der Waals surface area contributed by atoms with Crippen LogP contribution < -0.4 is 0 Å². The summed E-state index contributed by atoms with van der Waals surface area (Å²) in [7, 11) is 0. The van der Waals surface area contributed by atoms with Crippen molar-refractivity contribution in [2.75, 3.05) is 13.2 Å². The van der Waals surface area contributed by atoms with Gasteiger partial charge in [-0.3, -0.25) is 4.79 Å². The van der Waals surface area contributed by atoms with Gasteiger partial charge in [0.15, 0.2) is 17.3 Å². The van der Waals surface area contributed by atoms with Crippen LogP contribution in [0.5, 0.6) is 0 Å². The van der Waals surface area contributed by atoms with E-state index in [4.69, 9.17) is 14.2 Å². The summed E-state index contributed by atoms with van der Waals surface area (Å²) in [5.74, 6) is -0.508. The zero-order valence-electron chi connectivity index (χ0n) is 9.54. The van der Waals surface area contributed by atoms with Gasteiger partial charge in [-0.05, 0) is 20.8 Å². The van der Waals surface area contributed by atoms with Crippen molar-refractivity contribution in [1.82, 2.24) is 0 Å². The number of hydrogen-bond donors (Lipinski definition) is 0. The molecule has 0 spiro atoms. The maximum absolute atomic E-state index is 11.5. The van der Waals surface area contributed by atoms with E-state index in [0.717, 1.165) is 0 Å². The highest BCUT2D eigenvalue weighted by Gasteiger charge is 2.34. The molecule has 4 nitrogen and oxygen atoms in total. The first-order valence-corrected chi connectivity index (χ1v) is 5.11. The van der Waals surface area contributed by atoms with E-state index in [1.54, 1.807) is 0 Å². The molecule has 0 bridgehead atoms. The summed E-state index contributed by atoms with van der Waals surface area (Å²) in [4.78, 5) is 11.5. The van der Waals surface area contributed by atoms with Crippen molar-refractivity contribution in [3.8, 4) is 0 Å². The van der Waals surface area contributed by atoms with Gasteiger partial charge >= 0.3 is 0 Å². The molecule has 0 aromatic heterocycles. The van der Waals surface area contributed by atoms with Crippen molar-refractivity contribution < 1.29 is 19.0 Å². The molecule has 86 valence electrons. The number of hydrogen-bond acceptors (Lipinski definition) is 4. The van der Waals surface area contributed by atoms with Crippen LogP contribution in [0.1, 0.15) is 27.2 Å². The van der Waals surface area contributed by atoms with Crippen LogP contribution in [-0.2, 0) is 19.0 Å². The highest BCUT2D eigenvalue weighted by atomic mass is 16.7. The Morgan fingerprint density at radius 2 is 2.27 bits per heavy atom. The lowest BCUT2D eigenvalue weighted by molar-refractivity contribution is -0.142. The summed E-state index contributed by atoms with van der Waals surface area (Å²) in [6.45, 7) is 9.93. The standard InChI is InChI=1S/C11H18O4/c1-5-13-8(2)10(12)6-9-7-14-11(3,4)15-9/h9H,2,5-7H2,1,3-4H3/t9-/m0/s1. The molecule has 1 fully saturated rings. The lowest BCUT2D eigenvalue weighted by Crippen LogP contribution is -2.23. The Bertz CT molecular complexity index is 257. The molecule has 1 aliphatic rings. The van der Waals surface area contributed by atoms with Crippen LogP contribution in [0, 0.1) is 0 Å². The second-order valence-corrected chi connectivity index (χ2v) is 3.93. The summed E-state index contributed by atoms with van der Waals surface area (Å²) >= 11 is 0. The van der Waals surface area contributed by atoms with Crippen LogP contribution >= 0.6 is 0 Å². The minimum atomic E-state index is -0.585. The average Bonchev–Trinajstić information content (AvgIpc) is 2.46. The molecule has 0 aromatic carbocycles. The van der Waals surface area contributed by atoms with E-state index < -0.39 is 5.79 Å². The van der Waals surface area contributed by atoms with Crippen molar-refractivity contribution in [3.63, 3.8) is 0 Å². The molecule has 1 atom stereocenters. The van der Waals surface area contributed by atoms with Gasteiger partial charge in [-0.15, -0.1) is 0 Å². The Labute approximate surface area is 90.2 Å². The van der Waals surface area contributed by atoms with Gasteiger partial charge in [0.1, 0.15) is 0 Å². The van der Waals surface area contributed by atoms with E-state index in [9.17, 15) is 4.79 Å². The zero-order valence-corrected chi connectivity index (χ0v) is 9.54. The number of carbonyl (C=O) groups excluding carboxylic acids is 1. The lowest BCUT2D eigenvalue weighted by atomic mass is 10.2. The Hall–Kier alpha value is -0.870. The van der Waals surface area contributed by atoms with E-state index in [1.807, 2.05) is 20.8 Å². The molecule has 0 radical (unpaired) electrons. The predicted octanol–water partition coefficient (Wildman–Crippen LogP) is 1.65. The zero-order chi connectivity index (χ0) is 11.5. The fourth-order valence-corrected chi connectivity index (χ4v) is 1.44. The maximum Gasteiger partial charge on any atom is 0.199 e. The van der Waals surface area contributed by atoms with Crippen LogP contribution in [0.2, 0.25) is 0 Å². The number of Topliss-reactive ketones (excluding diaryl/α,β-unsaturated/α-hetero) is 1. The van der Waals surface area contributed by atoms with Crippen LogP contribution in [0.3, 0.4) is 0 Å². The van der Waals surface area contributed by atoms with Gasteiger partial charge in [0.25, 0.3) is 0 Å². The van der Waals surface area contributed by atoms with Gasteiger partial charge in [-0.25, -0.2) is 0 Å². The van der Waals surface area contributed by atoms with Crippen LogP contribution in [0.25, 0.3) is 0 Å². The first-order valence-electron chi connectivity index (χ1n) is 5.11. The topological polar surface area (TPSA) is 44.8 Å². The summed E-state index contributed by atoms with van der Waals surface area (Å²) in [6.07, 6.45) is 0.0760. The first kappa shape index (κ1) is 12.2. The van der Waals surface area contributed by atoms with Gasteiger partial charge in [-0.1, -0.05) is 6.58 Å². The van der Waals surface area contributed by atoms with Crippen molar-refractivity contribution >= 4 is 5.78 Å². The second-order valence-electron chi connectivity index (χ2n) is 3.93. The molecule has 15 heavy (non-hydrogen) atoms. The Morgan fingerprint density at radius 3 is 2.73 bits per heavy atom.